The number of anilines is 2. The van der Waals surface area contributed by atoms with E-state index in [1.807, 2.05) is 11.8 Å². The summed E-state index contributed by atoms with van der Waals surface area (Å²) in [5.74, 6) is 1.23. The number of carbonyl (C=O) groups excluding carboxylic acids is 1. The molecular formula is C20H27N5O. The second kappa shape index (κ2) is 7.41. The lowest BCUT2D eigenvalue weighted by molar-refractivity contribution is 0.0658. The molecule has 0 radical (unpaired) electrons. The van der Waals surface area contributed by atoms with Crippen LogP contribution >= 0.6 is 0 Å². The minimum Gasteiger partial charge on any atom is -0.340 e. The van der Waals surface area contributed by atoms with Crippen molar-refractivity contribution in [2.24, 2.45) is 0 Å². The highest BCUT2D eigenvalue weighted by Gasteiger charge is 2.22. The van der Waals surface area contributed by atoms with E-state index >= 15 is 0 Å². The van der Waals surface area contributed by atoms with Crippen molar-refractivity contribution in [3.8, 4) is 0 Å². The van der Waals surface area contributed by atoms with Gasteiger partial charge in [0.05, 0.1) is 0 Å². The van der Waals surface area contributed by atoms with Crippen molar-refractivity contribution >= 4 is 17.4 Å². The van der Waals surface area contributed by atoms with Crippen LogP contribution in [-0.2, 0) is 0 Å². The van der Waals surface area contributed by atoms with Gasteiger partial charge in [0.25, 0.3) is 5.91 Å². The molecule has 138 valence electrons. The molecule has 0 unspecified atom stereocenters. The number of amides is 1. The first kappa shape index (κ1) is 18.3. The van der Waals surface area contributed by atoms with E-state index in [1.165, 1.54) is 5.56 Å². The van der Waals surface area contributed by atoms with Crippen LogP contribution in [-0.4, -0.2) is 58.9 Å². The summed E-state index contributed by atoms with van der Waals surface area (Å²) in [5, 5.41) is 3.38. The van der Waals surface area contributed by atoms with Crippen LogP contribution in [0.15, 0.2) is 18.2 Å². The largest absolute Gasteiger partial charge is 0.340 e. The van der Waals surface area contributed by atoms with Gasteiger partial charge in [-0.05, 0) is 45.9 Å². The maximum Gasteiger partial charge on any atom is 0.272 e. The van der Waals surface area contributed by atoms with E-state index in [0.29, 0.717) is 17.3 Å². The number of rotatable bonds is 3. The summed E-state index contributed by atoms with van der Waals surface area (Å²) in [7, 11) is 2.07. The molecule has 0 aliphatic carbocycles. The molecule has 0 bridgehead atoms. The van der Waals surface area contributed by atoms with E-state index < -0.39 is 0 Å². The third kappa shape index (κ3) is 4.02. The standard InChI is InChI=1S/C20H27N5O/c1-13-10-14(2)19(15(3)11-13)23-18-12-17(21-16(4)22-18)20(26)25-8-6-24(5)7-9-25/h10-12H,6-9H2,1-5H3,(H,21,22,23). The molecular weight excluding hydrogens is 326 g/mol. The lowest BCUT2D eigenvalue weighted by Gasteiger charge is -2.32. The van der Waals surface area contributed by atoms with E-state index in [0.717, 1.165) is 43.0 Å². The van der Waals surface area contributed by atoms with Crippen LogP contribution in [0.1, 0.15) is 33.0 Å². The number of hydrogen-bond donors (Lipinski definition) is 1. The van der Waals surface area contributed by atoms with Crippen molar-refractivity contribution < 1.29 is 4.79 Å². The van der Waals surface area contributed by atoms with Gasteiger partial charge in [-0.1, -0.05) is 17.7 Å². The highest BCUT2D eigenvalue weighted by Crippen LogP contribution is 2.25. The molecule has 3 rings (SSSR count). The summed E-state index contributed by atoms with van der Waals surface area (Å²) in [5.41, 5.74) is 5.03. The number of nitrogens with zero attached hydrogens (tertiary/aromatic N) is 4. The quantitative estimate of drug-likeness (QED) is 0.919. The fourth-order valence-corrected chi connectivity index (χ4v) is 3.42. The summed E-state index contributed by atoms with van der Waals surface area (Å²) in [6.45, 7) is 11.3. The lowest BCUT2D eigenvalue weighted by Crippen LogP contribution is -2.47. The molecule has 0 spiro atoms. The molecule has 1 saturated heterocycles. The van der Waals surface area contributed by atoms with Crippen molar-refractivity contribution in [3.63, 3.8) is 0 Å². The highest BCUT2D eigenvalue weighted by molar-refractivity contribution is 5.93. The molecule has 2 aromatic rings. The van der Waals surface area contributed by atoms with E-state index in [-0.39, 0.29) is 5.91 Å². The minimum absolute atomic E-state index is 0.0241. The van der Waals surface area contributed by atoms with E-state index in [2.05, 4.69) is 60.1 Å². The predicted molar refractivity (Wildman–Crippen MR) is 104 cm³/mol. The van der Waals surface area contributed by atoms with Gasteiger partial charge >= 0.3 is 0 Å². The van der Waals surface area contributed by atoms with Gasteiger partial charge in [-0.15, -0.1) is 0 Å². The van der Waals surface area contributed by atoms with E-state index in [4.69, 9.17) is 0 Å². The number of aryl methyl sites for hydroxylation is 4. The molecule has 1 fully saturated rings. The molecule has 1 aliphatic heterocycles. The molecule has 1 aromatic heterocycles. The Morgan fingerprint density at radius 3 is 2.19 bits per heavy atom. The number of aromatic nitrogens is 2. The Morgan fingerprint density at radius 1 is 0.962 bits per heavy atom. The smallest absolute Gasteiger partial charge is 0.272 e. The zero-order valence-corrected chi connectivity index (χ0v) is 16.3. The van der Waals surface area contributed by atoms with Gasteiger partial charge in [0.2, 0.25) is 0 Å². The highest BCUT2D eigenvalue weighted by atomic mass is 16.2. The molecule has 0 saturated carbocycles. The van der Waals surface area contributed by atoms with E-state index in [1.54, 1.807) is 6.07 Å². The minimum atomic E-state index is -0.0241. The molecule has 1 amide bonds. The number of likely N-dealkylation sites (N-methyl/N-ethyl adjacent to an activating group) is 1. The number of nitrogens with one attached hydrogen (secondary N) is 1. The summed E-state index contributed by atoms with van der Waals surface area (Å²) in [6.07, 6.45) is 0. The Hall–Kier alpha value is -2.47. The van der Waals surface area contributed by atoms with Gasteiger partial charge in [0.15, 0.2) is 0 Å². The molecule has 1 N–H and O–H groups in total. The zero-order chi connectivity index (χ0) is 18.8. The number of benzene rings is 1. The van der Waals surface area contributed by atoms with Crippen LogP contribution in [0.3, 0.4) is 0 Å². The Kier molecular flexibility index (Phi) is 5.23. The fourth-order valence-electron chi connectivity index (χ4n) is 3.42. The van der Waals surface area contributed by atoms with Gasteiger partial charge in [-0.3, -0.25) is 4.79 Å². The first-order valence-corrected chi connectivity index (χ1v) is 9.02. The maximum absolute atomic E-state index is 12.8. The topological polar surface area (TPSA) is 61.4 Å². The second-order valence-electron chi connectivity index (χ2n) is 7.18. The molecule has 1 aromatic carbocycles. The summed E-state index contributed by atoms with van der Waals surface area (Å²) in [6, 6.07) is 6.03. The summed E-state index contributed by atoms with van der Waals surface area (Å²) >= 11 is 0. The maximum atomic E-state index is 12.8. The van der Waals surface area contributed by atoms with Crippen molar-refractivity contribution in [3.05, 3.63) is 46.4 Å². The molecule has 6 heteroatoms. The summed E-state index contributed by atoms with van der Waals surface area (Å²) < 4.78 is 0. The van der Waals surface area contributed by atoms with Gasteiger partial charge in [-0.2, -0.15) is 0 Å². The molecule has 26 heavy (non-hydrogen) atoms. The van der Waals surface area contributed by atoms with Crippen molar-refractivity contribution in [2.45, 2.75) is 27.7 Å². The van der Waals surface area contributed by atoms with Crippen LogP contribution in [0.4, 0.5) is 11.5 Å². The van der Waals surface area contributed by atoms with Crippen LogP contribution < -0.4 is 5.32 Å². The van der Waals surface area contributed by atoms with E-state index in [9.17, 15) is 4.79 Å². The van der Waals surface area contributed by atoms with Crippen LogP contribution in [0.5, 0.6) is 0 Å². The Balaban J connectivity index is 1.85. The first-order chi connectivity index (χ1) is 12.3. The van der Waals surface area contributed by atoms with Gasteiger partial charge in [-0.25, -0.2) is 9.97 Å². The third-order valence-electron chi connectivity index (χ3n) is 4.78. The molecule has 6 nitrogen and oxygen atoms in total. The van der Waals surface area contributed by atoms with Crippen molar-refractivity contribution in [1.29, 1.82) is 0 Å². The third-order valence-corrected chi connectivity index (χ3v) is 4.78. The number of carbonyl (C=O) groups is 1. The predicted octanol–water partition coefficient (Wildman–Crippen LogP) is 2.84. The van der Waals surface area contributed by atoms with Crippen molar-refractivity contribution in [1.82, 2.24) is 19.8 Å². The average Bonchev–Trinajstić information content (AvgIpc) is 2.57. The fraction of sp³-hybridized carbons (Fsp3) is 0.450. The normalized spacial score (nSPS) is 15.2. The average molecular weight is 353 g/mol. The monoisotopic (exact) mass is 353 g/mol. The Bertz CT molecular complexity index is 802. The lowest BCUT2D eigenvalue weighted by atomic mass is 10.1. The van der Waals surface area contributed by atoms with Crippen LogP contribution in [0.25, 0.3) is 0 Å². The van der Waals surface area contributed by atoms with Crippen LogP contribution in [0.2, 0.25) is 0 Å². The zero-order valence-electron chi connectivity index (χ0n) is 16.3. The number of piperazine rings is 1. The Morgan fingerprint density at radius 2 is 1.58 bits per heavy atom. The second-order valence-corrected chi connectivity index (χ2v) is 7.18. The Labute approximate surface area is 155 Å². The summed E-state index contributed by atoms with van der Waals surface area (Å²) in [4.78, 5) is 25.8. The number of hydrogen-bond acceptors (Lipinski definition) is 5. The van der Waals surface area contributed by atoms with Crippen LogP contribution in [0, 0.1) is 27.7 Å². The van der Waals surface area contributed by atoms with Gasteiger partial charge in [0, 0.05) is 37.9 Å². The molecule has 0 atom stereocenters. The first-order valence-electron chi connectivity index (χ1n) is 9.02. The molecule has 2 heterocycles. The van der Waals surface area contributed by atoms with Crippen molar-refractivity contribution in [2.75, 3.05) is 38.5 Å². The SMILES string of the molecule is Cc1cc(C)c(Nc2cc(C(=O)N3CCN(C)CC3)nc(C)n2)c(C)c1. The molecule has 1 aliphatic rings. The van der Waals surface area contributed by atoms with Gasteiger partial charge < -0.3 is 15.1 Å². The van der Waals surface area contributed by atoms with Gasteiger partial charge in [0.1, 0.15) is 17.3 Å².